The molecule has 1 aromatic heterocycles. The number of rotatable bonds is 6. The highest BCUT2D eigenvalue weighted by molar-refractivity contribution is 7.92. The Kier molecular flexibility index (Phi) is 5.56. The molecule has 3 rings (SSSR count). The maximum atomic E-state index is 12.8. The van der Waals surface area contributed by atoms with Gasteiger partial charge in [0.2, 0.25) is 0 Å². The third-order valence-corrected chi connectivity index (χ3v) is 5.81. The number of pyridine rings is 1. The summed E-state index contributed by atoms with van der Waals surface area (Å²) in [6.07, 6.45) is 1.49. The Bertz CT molecular complexity index is 1090. The summed E-state index contributed by atoms with van der Waals surface area (Å²) in [6.45, 7) is 5.56. The Hall–Kier alpha value is -3.06. The summed E-state index contributed by atoms with van der Waals surface area (Å²) in [4.78, 5) is 4.51. The van der Waals surface area contributed by atoms with Gasteiger partial charge < -0.3 is 10.1 Å². The van der Waals surface area contributed by atoms with E-state index in [0.29, 0.717) is 22.8 Å². The van der Waals surface area contributed by atoms with Gasteiger partial charge in [-0.05, 0) is 73.9 Å². The van der Waals surface area contributed by atoms with E-state index in [1.807, 2.05) is 38.1 Å². The Labute approximate surface area is 165 Å². The summed E-state index contributed by atoms with van der Waals surface area (Å²) in [5.74, 6) is 1.29. The molecule has 0 radical (unpaired) electrons. The minimum absolute atomic E-state index is 0.216. The first-order valence-electron chi connectivity index (χ1n) is 8.76. The fraction of sp³-hybridized carbons (Fsp3) is 0.190. The highest BCUT2D eigenvalue weighted by Crippen LogP contribution is 2.27. The van der Waals surface area contributed by atoms with E-state index in [1.165, 1.54) is 6.20 Å². The van der Waals surface area contributed by atoms with Crippen LogP contribution in [0.3, 0.4) is 0 Å². The van der Waals surface area contributed by atoms with Crippen molar-refractivity contribution in [3.05, 3.63) is 71.4 Å². The fourth-order valence-corrected chi connectivity index (χ4v) is 4.24. The summed E-state index contributed by atoms with van der Waals surface area (Å²) in [5.41, 5.74) is 3.82. The largest absolute Gasteiger partial charge is 0.496 e. The van der Waals surface area contributed by atoms with Crippen LogP contribution < -0.4 is 14.8 Å². The zero-order chi connectivity index (χ0) is 20.3. The van der Waals surface area contributed by atoms with Crippen LogP contribution in [0.5, 0.6) is 5.75 Å². The molecule has 0 saturated heterocycles. The Balaban J connectivity index is 1.79. The van der Waals surface area contributed by atoms with Crippen LogP contribution in [0, 0.1) is 20.8 Å². The third-order valence-electron chi connectivity index (χ3n) is 4.29. The Morgan fingerprint density at radius 2 is 1.71 bits per heavy atom. The highest BCUT2D eigenvalue weighted by atomic mass is 32.2. The number of hydrogen-bond donors (Lipinski definition) is 2. The molecule has 146 valence electrons. The van der Waals surface area contributed by atoms with Gasteiger partial charge in [0.05, 0.1) is 23.9 Å². The summed E-state index contributed by atoms with van der Waals surface area (Å²) in [5, 5.41) is 3.19. The van der Waals surface area contributed by atoms with Crippen molar-refractivity contribution in [1.29, 1.82) is 0 Å². The predicted molar refractivity (Wildman–Crippen MR) is 112 cm³/mol. The quantitative estimate of drug-likeness (QED) is 0.637. The maximum absolute atomic E-state index is 12.8. The normalized spacial score (nSPS) is 11.1. The van der Waals surface area contributed by atoms with Crippen LogP contribution in [-0.2, 0) is 10.0 Å². The molecule has 0 aliphatic heterocycles. The van der Waals surface area contributed by atoms with Gasteiger partial charge in [-0.2, -0.15) is 0 Å². The van der Waals surface area contributed by atoms with Gasteiger partial charge in [-0.1, -0.05) is 12.1 Å². The molecule has 3 aromatic rings. The van der Waals surface area contributed by atoms with Crippen molar-refractivity contribution in [2.75, 3.05) is 17.1 Å². The van der Waals surface area contributed by atoms with Crippen molar-refractivity contribution in [3.8, 4) is 5.75 Å². The van der Waals surface area contributed by atoms with Crippen LogP contribution in [0.1, 0.15) is 16.7 Å². The lowest BCUT2D eigenvalue weighted by Crippen LogP contribution is -2.15. The number of anilines is 3. The molecule has 0 atom stereocenters. The first-order chi connectivity index (χ1) is 13.3. The van der Waals surface area contributed by atoms with E-state index in [0.717, 1.165) is 16.8 Å². The third kappa shape index (κ3) is 4.43. The van der Waals surface area contributed by atoms with Crippen molar-refractivity contribution in [2.24, 2.45) is 0 Å². The second kappa shape index (κ2) is 7.90. The molecule has 0 aliphatic carbocycles. The Morgan fingerprint density at radius 1 is 0.929 bits per heavy atom. The van der Waals surface area contributed by atoms with Gasteiger partial charge >= 0.3 is 0 Å². The molecule has 2 aromatic carbocycles. The van der Waals surface area contributed by atoms with Crippen LogP contribution in [0.25, 0.3) is 0 Å². The number of nitrogens with zero attached hydrogens (tertiary/aromatic N) is 1. The van der Waals surface area contributed by atoms with Gasteiger partial charge in [-0.3, -0.25) is 4.72 Å². The lowest BCUT2D eigenvalue weighted by molar-refractivity contribution is 0.411. The molecule has 0 saturated carbocycles. The number of aryl methyl sites for hydroxylation is 3. The van der Waals surface area contributed by atoms with Crippen molar-refractivity contribution >= 4 is 27.2 Å². The standard InChI is InChI=1S/C21H23N3O3S/c1-14-6-5-7-17(10-14)23-21-9-8-18(13-22-21)24-28(25,26)20-12-15(2)19(27-4)11-16(20)3/h5-13,24H,1-4H3,(H,22,23). The summed E-state index contributed by atoms with van der Waals surface area (Å²) < 4.78 is 33.4. The number of ether oxygens (including phenoxy) is 1. The second-order valence-corrected chi connectivity index (χ2v) is 8.27. The van der Waals surface area contributed by atoms with Crippen molar-refractivity contribution < 1.29 is 13.2 Å². The lowest BCUT2D eigenvalue weighted by atomic mass is 10.1. The van der Waals surface area contributed by atoms with E-state index in [2.05, 4.69) is 15.0 Å². The van der Waals surface area contributed by atoms with Crippen LogP contribution in [0.4, 0.5) is 17.2 Å². The molecule has 7 heteroatoms. The molecule has 28 heavy (non-hydrogen) atoms. The monoisotopic (exact) mass is 397 g/mol. The molecule has 0 spiro atoms. The van der Waals surface area contributed by atoms with E-state index in [-0.39, 0.29) is 4.90 Å². The van der Waals surface area contributed by atoms with Crippen LogP contribution >= 0.6 is 0 Å². The molecule has 1 heterocycles. The van der Waals surface area contributed by atoms with Gasteiger partial charge in [0.25, 0.3) is 10.0 Å². The molecule has 0 aliphatic rings. The van der Waals surface area contributed by atoms with Gasteiger partial charge in [0.15, 0.2) is 0 Å². The highest BCUT2D eigenvalue weighted by Gasteiger charge is 2.19. The van der Waals surface area contributed by atoms with E-state index >= 15 is 0 Å². The summed E-state index contributed by atoms with van der Waals surface area (Å²) in [6, 6.07) is 14.7. The molecule has 0 unspecified atom stereocenters. The van der Waals surface area contributed by atoms with Gasteiger partial charge in [-0.25, -0.2) is 13.4 Å². The average molecular weight is 398 g/mol. The molecule has 6 nitrogen and oxygen atoms in total. The van der Waals surface area contributed by atoms with E-state index in [4.69, 9.17) is 4.74 Å². The smallest absolute Gasteiger partial charge is 0.262 e. The SMILES string of the molecule is COc1cc(C)c(S(=O)(=O)Nc2ccc(Nc3cccc(C)c3)nc2)cc1C. The van der Waals surface area contributed by atoms with Gasteiger partial charge in [0.1, 0.15) is 11.6 Å². The number of hydrogen-bond acceptors (Lipinski definition) is 5. The number of sulfonamides is 1. The van der Waals surface area contributed by atoms with Crippen LogP contribution in [0.15, 0.2) is 59.6 Å². The zero-order valence-electron chi connectivity index (χ0n) is 16.3. The van der Waals surface area contributed by atoms with E-state index < -0.39 is 10.0 Å². The zero-order valence-corrected chi connectivity index (χ0v) is 17.1. The topological polar surface area (TPSA) is 80.3 Å². The van der Waals surface area contributed by atoms with Crippen molar-refractivity contribution in [1.82, 2.24) is 4.98 Å². The van der Waals surface area contributed by atoms with E-state index in [9.17, 15) is 8.42 Å². The van der Waals surface area contributed by atoms with Crippen LogP contribution in [-0.4, -0.2) is 20.5 Å². The van der Waals surface area contributed by atoms with Crippen molar-refractivity contribution in [2.45, 2.75) is 25.7 Å². The number of nitrogens with one attached hydrogen (secondary N) is 2. The summed E-state index contributed by atoms with van der Waals surface area (Å²) >= 11 is 0. The summed E-state index contributed by atoms with van der Waals surface area (Å²) in [7, 11) is -2.17. The predicted octanol–water partition coefficient (Wildman–Crippen LogP) is 4.56. The van der Waals surface area contributed by atoms with Crippen LogP contribution in [0.2, 0.25) is 0 Å². The second-order valence-electron chi connectivity index (χ2n) is 6.62. The lowest BCUT2D eigenvalue weighted by Gasteiger charge is -2.13. The van der Waals surface area contributed by atoms with Crippen molar-refractivity contribution in [3.63, 3.8) is 0 Å². The molecule has 2 N–H and O–H groups in total. The molecule has 0 fully saturated rings. The van der Waals surface area contributed by atoms with Gasteiger partial charge in [-0.15, -0.1) is 0 Å². The molecule has 0 bridgehead atoms. The molecular weight excluding hydrogens is 374 g/mol. The minimum atomic E-state index is -3.73. The first kappa shape index (κ1) is 19.7. The fourth-order valence-electron chi connectivity index (χ4n) is 2.88. The average Bonchev–Trinajstić information content (AvgIpc) is 2.64. The maximum Gasteiger partial charge on any atom is 0.262 e. The first-order valence-corrected chi connectivity index (χ1v) is 10.2. The minimum Gasteiger partial charge on any atom is -0.496 e. The number of methoxy groups -OCH3 is 1. The molecular formula is C21H23N3O3S. The molecule has 0 amide bonds. The van der Waals surface area contributed by atoms with Gasteiger partial charge in [0, 0.05) is 5.69 Å². The Morgan fingerprint density at radius 3 is 2.36 bits per heavy atom. The number of aromatic nitrogens is 1. The number of benzene rings is 2. The van der Waals surface area contributed by atoms with E-state index in [1.54, 1.807) is 38.3 Å².